The Bertz CT molecular complexity index is 401. The molecule has 0 saturated carbocycles. The van der Waals surface area contributed by atoms with Gasteiger partial charge >= 0.3 is 0 Å². The lowest BCUT2D eigenvalue weighted by Gasteiger charge is -2.22. The SMILES string of the molecule is c1cc2c(cc1CCNC1CCCSC1)CCO2. The average molecular weight is 263 g/mol. The van der Waals surface area contributed by atoms with Gasteiger partial charge in [-0.05, 0) is 48.8 Å². The van der Waals surface area contributed by atoms with E-state index in [1.807, 2.05) is 0 Å². The van der Waals surface area contributed by atoms with Crippen LogP contribution in [0.3, 0.4) is 0 Å². The fourth-order valence-corrected chi connectivity index (χ4v) is 3.82. The van der Waals surface area contributed by atoms with Gasteiger partial charge in [-0.3, -0.25) is 0 Å². The van der Waals surface area contributed by atoms with Crippen LogP contribution in [-0.2, 0) is 12.8 Å². The summed E-state index contributed by atoms with van der Waals surface area (Å²) in [5, 5.41) is 3.69. The number of fused-ring (bicyclic) bond motifs is 1. The average Bonchev–Trinajstić information content (AvgIpc) is 2.87. The first-order valence-electron chi connectivity index (χ1n) is 6.97. The van der Waals surface area contributed by atoms with Crippen molar-refractivity contribution in [1.82, 2.24) is 5.32 Å². The van der Waals surface area contributed by atoms with Crippen molar-refractivity contribution >= 4 is 11.8 Å². The van der Waals surface area contributed by atoms with E-state index in [1.54, 1.807) is 0 Å². The Balaban J connectivity index is 1.48. The van der Waals surface area contributed by atoms with Gasteiger partial charge in [0.15, 0.2) is 0 Å². The summed E-state index contributed by atoms with van der Waals surface area (Å²) >= 11 is 2.09. The van der Waals surface area contributed by atoms with Crippen molar-refractivity contribution in [2.24, 2.45) is 0 Å². The van der Waals surface area contributed by atoms with Gasteiger partial charge in [-0.1, -0.05) is 12.1 Å². The Morgan fingerprint density at radius 3 is 3.28 bits per heavy atom. The normalized spacial score (nSPS) is 22.6. The molecule has 3 rings (SSSR count). The van der Waals surface area contributed by atoms with Crippen LogP contribution in [0.15, 0.2) is 18.2 Å². The summed E-state index contributed by atoms with van der Waals surface area (Å²) < 4.78 is 5.53. The third kappa shape index (κ3) is 3.01. The van der Waals surface area contributed by atoms with E-state index >= 15 is 0 Å². The third-order valence-corrected chi connectivity index (χ3v) is 4.98. The second-order valence-corrected chi connectivity index (χ2v) is 6.31. The van der Waals surface area contributed by atoms with E-state index in [9.17, 15) is 0 Å². The molecular weight excluding hydrogens is 242 g/mol. The van der Waals surface area contributed by atoms with Crippen molar-refractivity contribution in [3.8, 4) is 5.75 Å². The van der Waals surface area contributed by atoms with E-state index in [-0.39, 0.29) is 0 Å². The van der Waals surface area contributed by atoms with Crippen molar-refractivity contribution in [3.05, 3.63) is 29.3 Å². The Morgan fingerprint density at radius 2 is 2.39 bits per heavy atom. The summed E-state index contributed by atoms with van der Waals surface area (Å²) in [6, 6.07) is 7.40. The fraction of sp³-hybridized carbons (Fsp3) is 0.600. The molecule has 1 saturated heterocycles. The molecule has 0 amide bonds. The maximum Gasteiger partial charge on any atom is 0.122 e. The van der Waals surface area contributed by atoms with Crippen molar-refractivity contribution in [2.75, 3.05) is 24.7 Å². The Kier molecular flexibility index (Phi) is 4.11. The minimum atomic E-state index is 0.738. The van der Waals surface area contributed by atoms with E-state index in [4.69, 9.17) is 4.74 Å². The molecule has 0 aliphatic carbocycles. The van der Waals surface area contributed by atoms with Gasteiger partial charge in [0.25, 0.3) is 0 Å². The van der Waals surface area contributed by atoms with Crippen LogP contribution in [0.5, 0.6) is 5.75 Å². The van der Waals surface area contributed by atoms with Gasteiger partial charge in [-0.2, -0.15) is 11.8 Å². The molecule has 2 nitrogen and oxygen atoms in total. The molecule has 3 heteroatoms. The summed E-state index contributed by atoms with van der Waals surface area (Å²) in [6.07, 6.45) is 4.94. The summed E-state index contributed by atoms with van der Waals surface area (Å²) in [5.74, 6) is 3.73. The first kappa shape index (κ1) is 12.4. The topological polar surface area (TPSA) is 21.3 Å². The molecule has 0 bridgehead atoms. The highest BCUT2D eigenvalue weighted by molar-refractivity contribution is 7.99. The maximum atomic E-state index is 5.53. The zero-order chi connectivity index (χ0) is 12.2. The van der Waals surface area contributed by atoms with Gasteiger partial charge in [0.05, 0.1) is 6.61 Å². The molecule has 98 valence electrons. The van der Waals surface area contributed by atoms with E-state index in [0.29, 0.717) is 0 Å². The van der Waals surface area contributed by atoms with Crippen LogP contribution < -0.4 is 10.1 Å². The van der Waals surface area contributed by atoms with Crippen LogP contribution in [0.1, 0.15) is 24.0 Å². The van der Waals surface area contributed by atoms with Crippen molar-refractivity contribution in [3.63, 3.8) is 0 Å². The molecule has 0 radical (unpaired) electrons. The summed E-state index contributed by atoms with van der Waals surface area (Å²) in [4.78, 5) is 0. The number of rotatable bonds is 4. The second-order valence-electron chi connectivity index (χ2n) is 5.16. The van der Waals surface area contributed by atoms with Crippen LogP contribution in [0.4, 0.5) is 0 Å². The minimum absolute atomic E-state index is 0.738. The highest BCUT2D eigenvalue weighted by Crippen LogP contribution is 2.26. The standard InChI is InChI=1S/C15H21NOS/c1-2-14(11-18-9-1)16-7-5-12-3-4-15-13(10-12)6-8-17-15/h3-4,10,14,16H,1-2,5-9,11H2. The number of nitrogens with one attached hydrogen (secondary N) is 1. The summed E-state index contributed by atoms with van der Waals surface area (Å²) in [6.45, 7) is 1.96. The van der Waals surface area contributed by atoms with E-state index < -0.39 is 0 Å². The lowest BCUT2D eigenvalue weighted by molar-refractivity contribution is 0.357. The van der Waals surface area contributed by atoms with Crippen molar-refractivity contribution in [1.29, 1.82) is 0 Å². The quantitative estimate of drug-likeness (QED) is 0.902. The molecule has 2 aliphatic heterocycles. The van der Waals surface area contributed by atoms with Gasteiger partial charge in [0.1, 0.15) is 5.75 Å². The largest absolute Gasteiger partial charge is 0.493 e. The molecule has 0 spiro atoms. The Morgan fingerprint density at radius 1 is 1.39 bits per heavy atom. The van der Waals surface area contributed by atoms with Crippen molar-refractivity contribution in [2.45, 2.75) is 31.7 Å². The highest BCUT2D eigenvalue weighted by Gasteiger charge is 2.14. The number of hydrogen-bond acceptors (Lipinski definition) is 3. The first-order chi connectivity index (χ1) is 8.92. The molecule has 1 fully saturated rings. The minimum Gasteiger partial charge on any atom is -0.493 e. The molecular formula is C15H21NOS. The molecule has 2 heterocycles. The van der Waals surface area contributed by atoms with Gasteiger partial charge < -0.3 is 10.1 Å². The van der Waals surface area contributed by atoms with Gasteiger partial charge in [0.2, 0.25) is 0 Å². The predicted octanol–water partition coefficient (Wildman–Crippen LogP) is 2.65. The molecule has 1 aromatic rings. The van der Waals surface area contributed by atoms with E-state index in [1.165, 1.54) is 35.5 Å². The number of thioether (sulfide) groups is 1. The van der Waals surface area contributed by atoms with Gasteiger partial charge in [-0.15, -0.1) is 0 Å². The number of hydrogen-bond donors (Lipinski definition) is 1. The maximum absolute atomic E-state index is 5.53. The second kappa shape index (κ2) is 5.98. The lowest BCUT2D eigenvalue weighted by Crippen LogP contribution is -2.35. The molecule has 1 atom stereocenters. The van der Waals surface area contributed by atoms with Crippen LogP contribution >= 0.6 is 11.8 Å². The molecule has 2 aliphatic rings. The van der Waals surface area contributed by atoms with E-state index in [2.05, 4.69) is 35.3 Å². The van der Waals surface area contributed by atoms with Crippen LogP contribution in [-0.4, -0.2) is 30.7 Å². The van der Waals surface area contributed by atoms with Gasteiger partial charge in [0, 0.05) is 18.2 Å². The lowest BCUT2D eigenvalue weighted by atomic mass is 10.1. The molecule has 1 N–H and O–H groups in total. The van der Waals surface area contributed by atoms with Crippen molar-refractivity contribution < 1.29 is 4.74 Å². The highest BCUT2D eigenvalue weighted by atomic mass is 32.2. The molecule has 1 unspecified atom stereocenters. The van der Waals surface area contributed by atoms with Crippen LogP contribution in [0.2, 0.25) is 0 Å². The van der Waals surface area contributed by atoms with Crippen LogP contribution in [0, 0.1) is 0 Å². The molecule has 1 aromatic carbocycles. The fourth-order valence-electron chi connectivity index (χ4n) is 2.72. The zero-order valence-electron chi connectivity index (χ0n) is 10.8. The van der Waals surface area contributed by atoms with Crippen LogP contribution in [0.25, 0.3) is 0 Å². The zero-order valence-corrected chi connectivity index (χ0v) is 11.6. The van der Waals surface area contributed by atoms with Gasteiger partial charge in [-0.25, -0.2) is 0 Å². The predicted molar refractivity (Wildman–Crippen MR) is 77.7 cm³/mol. The Labute approximate surface area is 113 Å². The number of ether oxygens (including phenoxy) is 1. The summed E-state index contributed by atoms with van der Waals surface area (Å²) in [5.41, 5.74) is 2.83. The Hall–Kier alpha value is -0.670. The van der Waals surface area contributed by atoms with E-state index in [0.717, 1.165) is 37.8 Å². The first-order valence-corrected chi connectivity index (χ1v) is 8.13. The molecule has 18 heavy (non-hydrogen) atoms. The monoisotopic (exact) mass is 263 g/mol. The smallest absolute Gasteiger partial charge is 0.122 e. The third-order valence-electron chi connectivity index (χ3n) is 3.76. The number of benzene rings is 1. The summed E-state index contributed by atoms with van der Waals surface area (Å²) in [7, 11) is 0. The molecule has 0 aromatic heterocycles.